The standard InChI is InChI=1S/C21H17ClINO6S/c1-3-28-17-5-11(4-14(23)19(17)27-2)6-18-20(25)24(21(26)31-18)9-12-7-15-16(8-13(12)22)30-10-29-15/h4-8H,3,9-10H2,1-2H3/b18-6+. The number of methoxy groups -OCH3 is 1. The van der Waals surface area contributed by atoms with Crippen molar-refractivity contribution in [2.24, 2.45) is 0 Å². The molecule has 2 aromatic carbocycles. The summed E-state index contributed by atoms with van der Waals surface area (Å²) in [4.78, 5) is 27.0. The molecule has 162 valence electrons. The van der Waals surface area contributed by atoms with Crippen LogP contribution in [0.4, 0.5) is 4.79 Å². The Morgan fingerprint density at radius 3 is 2.68 bits per heavy atom. The number of ether oxygens (including phenoxy) is 4. The van der Waals surface area contributed by atoms with Gasteiger partial charge in [-0.1, -0.05) is 11.6 Å². The molecule has 0 bridgehead atoms. The van der Waals surface area contributed by atoms with Gasteiger partial charge in [-0.2, -0.15) is 0 Å². The van der Waals surface area contributed by atoms with Gasteiger partial charge in [-0.15, -0.1) is 0 Å². The lowest BCUT2D eigenvalue weighted by molar-refractivity contribution is -0.123. The smallest absolute Gasteiger partial charge is 0.293 e. The minimum atomic E-state index is -0.382. The van der Waals surface area contributed by atoms with Crippen LogP contribution in [0.3, 0.4) is 0 Å². The molecule has 0 radical (unpaired) electrons. The molecule has 0 aliphatic carbocycles. The summed E-state index contributed by atoms with van der Waals surface area (Å²) in [6, 6.07) is 6.97. The lowest BCUT2D eigenvalue weighted by atomic mass is 10.1. The first kappa shape index (κ1) is 22.1. The van der Waals surface area contributed by atoms with Gasteiger partial charge in [0.2, 0.25) is 6.79 Å². The highest BCUT2D eigenvalue weighted by Crippen LogP contribution is 2.40. The number of hydrogen-bond donors (Lipinski definition) is 0. The van der Waals surface area contributed by atoms with Crippen molar-refractivity contribution in [2.75, 3.05) is 20.5 Å². The summed E-state index contributed by atoms with van der Waals surface area (Å²) in [7, 11) is 1.58. The fourth-order valence-electron chi connectivity index (χ4n) is 3.17. The minimum absolute atomic E-state index is 0.0435. The van der Waals surface area contributed by atoms with Gasteiger partial charge < -0.3 is 18.9 Å². The summed E-state index contributed by atoms with van der Waals surface area (Å²) in [5.41, 5.74) is 1.34. The van der Waals surface area contributed by atoms with Crippen molar-refractivity contribution in [3.8, 4) is 23.0 Å². The third-order valence-electron chi connectivity index (χ3n) is 4.58. The Bertz CT molecular complexity index is 1110. The quantitative estimate of drug-likeness (QED) is 0.342. The number of carbonyl (C=O) groups is 2. The zero-order valence-corrected chi connectivity index (χ0v) is 20.3. The molecule has 2 amide bonds. The molecular formula is C21H17ClINO6S. The monoisotopic (exact) mass is 573 g/mol. The molecule has 2 aliphatic rings. The fraction of sp³-hybridized carbons (Fsp3) is 0.238. The number of thioether (sulfide) groups is 1. The van der Waals surface area contributed by atoms with Crippen LogP contribution in [-0.2, 0) is 11.3 Å². The summed E-state index contributed by atoms with van der Waals surface area (Å²) in [6.45, 7) is 2.51. The molecule has 2 aromatic rings. The number of benzene rings is 2. The van der Waals surface area contributed by atoms with Crippen LogP contribution in [-0.4, -0.2) is 36.6 Å². The van der Waals surface area contributed by atoms with E-state index in [9.17, 15) is 9.59 Å². The minimum Gasteiger partial charge on any atom is -0.492 e. The second-order valence-electron chi connectivity index (χ2n) is 6.53. The Balaban J connectivity index is 1.59. The second-order valence-corrected chi connectivity index (χ2v) is 9.09. The average molecular weight is 574 g/mol. The van der Waals surface area contributed by atoms with Crippen LogP contribution >= 0.6 is 46.0 Å². The van der Waals surface area contributed by atoms with E-state index in [1.54, 1.807) is 31.4 Å². The largest absolute Gasteiger partial charge is 0.492 e. The third-order valence-corrected chi connectivity index (χ3v) is 6.64. The van der Waals surface area contributed by atoms with Crippen LogP contribution in [0.1, 0.15) is 18.1 Å². The van der Waals surface area contributed by atoms with Crippen molar-refractivity contribution in [2.45, 2.75) is 13.5 Å². The maximum atomic E-state index is 12.9. The highest BCUT2D eigenvalue weighted by atomic mass is 127. The summed E-state index contributed by atoms with van der Waals surface area (Å²) < 4.78 is 22.5. The molecule has 7 nitrogen and oxygen atoms in total. The Labute approximate surface area is 201 Å². The van der Waals surface area contributed by atoms with Crippen molar-refractivity contribution in [1.82, 2.24) is 4.90 Å². The van der Waals surface area contributed by atoms with Crippen molar-refractivity contribution < 1.29 is 28.5 Å². The Hall–Kier alpha value is -2.11. The van der Waals surface area contributed by atoms with E-state index in [1.807, 2.05) is 13.0 Å². The molecule has 1 fully saturated rings. The number of rotatable bonds is 6. The second kappa shape index (κ2) is 9.17. The highest BCUT2D eigenvalue weighted by Gasteiger charge is 2.36. The fourth-order valence-corrected chi connectivity index (χ4v) is 5.07. The lowest BCUT2D eigenvalue weighted by Crippen LogP contribution is -2.27. The van der Waals surface area contributed by atoms with Crippen LogP contribution in [0.2, 0.25) is 5.02 Å². The van der Waals surface area contributed by atoms with Crippen LogP contribution in [0.15, 0.2) is 29.2 Å². The first-order valence-corrected chi connectivity index (χ1v) is 11.5. The zero-order valence-electron chi connectivity index (χ0n) is 16.6. The molecule has 0 N–H and O–H groups in total. The summed E-state index contributed by atoms with van der Waals surface area (Å²) in [5, 5.41) is 0.0385. The molecule has 31 heavy (non-hydrogen) atoms. The van der Waals surface area contributed by atoms with Gasteiger partial charge >= 0.3 is 0 Å². The Morgan fingerprint density at radius 1 is 1.23 bits per heavy atom. The number of halogens is 2. The van der Waals surface area contributed by atoms with Gasteiger partial charge in [0.05, 0.1) is 28.7 Å². The summed E-state index contributed by atoms with van der Waals surface area (Å²) in [5.74, 6) is 1.91. The molecule has 2 heterocycles. The predicted octanol–water partition coefficient (Wildman–Crippen LogP) is 5.32. The molecule has 0 unspecified atom stereocenters. The SMILES string of the molecule is CCOc1cc(/C=C2/SC(=O)N(Cc3cc4c(cc3Cl)OCO4)C2=O)cc(I)c1OC. The molecule has 0 saturated carbocycles. The van der Waals surface area contributed by atoms with Gasteiger partial charge in [-0.05, 0) is 76.7 Å². The van der Waals surface area contributed by atoms with Gasteiger partial charge in [-0.3, -0.25) is 14.5 Å². The van der Waals surface area contributed by atoms with Gasteiger partial charge in [0.25, 0.3) is 11.1 Å². The van der Waals surface area contributed by atoms with E-state index < -0.39 is 0 Å². The van der Waals surface area contributed by atoms with Gasteiger partial charge in [0, 0.05) is 11.1 Å². The van der Waals surface area contributed by atoms with Gasteiger partial charge in [0.15, 0.2) is 23.0 Å². The first-order valence-electron chi connectivity index (χ1n) is 9.25. The van der Waals surface area contributed by atoms with E-state index in [2.05, 4.69) is 22.6 Å². The first-order chi connectivity index (χ1) is 14.9. The third kappa shape index (κ3) is 4.44. The highest BCUT2D eigenvalue weighted by molar-refractivity contribution is 14.1. The maximum Gasteiger partial charge on any atom is 0.293 e. The molecule has 2 aliphatic heterocycles. The molecule has 0 atom stereocenters. The number of hydrogen-bond acceptors (Lipinski definition) is 7. The lowest BCUT2D eigenvalue weighted by Gasteiger charge is -2.14. The average Bonchev–Trinajstić information content (AvgIpc) is 3.27. The molecule has 1 saturated heterocycles. The van der Waals surface area contributed by atoms with E-state index in [-0.39, 0.29) is 24.5 Å². The summed E-state index contributed by atoms with van der Waals surface area (Å²) in [6.07, 6.45) is 1.68. The van der Waals surface area contributed by atoms with E-state index >= 15 is 0 Å². The van der Waals surface area contributed by atoms with Crippen LogP contribution < -0.4 is 18.9 Å². The number of imide groups is 1. The van der Waals surface area contributed by atoms with Crippen molar-refractivity contribution >= 4 is 63.2 Å². The topological polar surface area (TPSA) is 74.3 Å². The molecule has 4 rings (SSSR count). The maximum absolute atomic E-state index is 12.9. The van der Waals surface area contributed by atoms with E-state index in [1.165, 1.54) is 0 Å². The van der Waals surface area contributed by atoms with E-state index in [0.717, 1.165) is 25.8 Å². The number of amides is 2. The number of nitrogens with zero attached hydrogens (tertiary/aromatic N) is 1. The van der Waals surface area contributed by atoms with Gasteiger partial charge in [0.1, 0.15) is 0 Å². The molecule has 0 spiro atoms. The predicted molar refractivity (Wildman–Crippen MR) is 126 cm³/mol. The van der Waals surface area contributed by atoms with Crippen molar-refractivity contribution in [1.29, 1.82) is 0 Å². The van der Waals surface area contributed by atoms with Gasteiger partial charge in [-0.25, -0.2) is 0 Å². The van der Waals surface area contributed by atoms with Crippen LogP contribution in [0.5, 0.6) is 23.0 Å². The van der Waals surface area contributed by atoms with Crippen molar-refractivity contribution in [3.05, 3.63) is 48.9 Å². The van der Waals surface area contributed by atoms with Crippen LogP contribution in [0.25, 0.3) is 6.08 Å². The van der Waals surface area contributed by atoms with E-state index in [4.69, 9.17) is 30.5 Å². The normalized spacial score (nSPS) is 16.4. The van der Waals surface area contributed by atoms with E-state index in [0.29, 0.717) is 45.1 Å². The molecule has 10 heteroatoms. The van der Waals surface area contributed by atoms with Crippen LogP contribution in [0, 0.1) is 3.57 Å². The molecular weight excluding hydrogens is 557 g/mol. The number of carbonyl (C=O) groups excluding carboxylic acids is 2. The Morgan fingerprint density at radius 2 is 1.97 bits per heavy atom. The summed E-state index contributed by atoms with van der Waals surface area (Å²) >= 11 is 9.34. The Kier molecular flexibility index (Phi) is 6.54. The zero-order chi connectivity index (χ0) is 22.1. The number of fused-ring (bicyclic) bond motifs is 1. The molecule has 0 aromatic heterocycles. The van der Waals surface area contributed by atoms with Crippen molar-refractivity contribution in [3.63, 3.8) is 0 Å².